The molecular formula is C16H28N4O2S. The van der Waals surface area contributed by atoms with E-state index in [2.05, 4.69) is 24.5 Å². The van der Waals surface area contributed by atoms with E-state index < -0.39 is 18.0 Å². The highest BCUT2D eigenvalue weighted by Gasteiger charge is 2.69. The van der Waals surface area contributed by atoms with Gasteiger partial charge in [-0.1, -0.05) is 34.6 Å². The first-order chi connectivity index (χ1) is 10.4. The van der Waals surface area contributed by atoms with Crippen LogP contribution in [0.2, 0.25) is 0 Å². The SMILES string of the molecule is CNC(=S)N[C@H](C(=O)N1CC2C(C1C(N)=O)C2(C)C)C(C)(C)C. The third-order valence-corrected chi connectivity index (χ3v) is 5.72. The van der Waals surface area contributed by atoms with Crippen LogP contribution in [0, 0.1) is 22.7 Å². The van der Waals surface area contributed by atoms with Gasteiger partial charge in [-0.2, -0.15) is 0 Å². The van der Waals surface area contributed by atoms with Gasteiger partial charge in [0.05, 0.1) is 0 Å². The number of nitrogens with one attached hydrogen (secondary N) is 2. The van der Waals surface area contributed by atoms with Gasteiger partial charge in [0, 0.05) is 13.6 Å². The van der Waals surface area contributed by atoms with E-state index in [-0.39, 0.29) is 22.7 Å². The van der Waals surface area contributed by atoms with Crippen LogP contribution in [0.15, 0.2) is 0 Å². The lowest BCUT2D eigenvalue weighted by atomic mass is 9.85. The van der Waals surface area contributed by atoms with E-state index in [1.807, 2.05) is 20.8 Å². The largest absolute Gasteiger partial charge is 0.368 e. The van der Waals surface area contributed by atoms with Gasteiger partial charge in [-0.3, -0.25) is 9.59 Å². The summed E-state index contributed by atoms with van der Waals surface area (Å²) in [4.78, 5) is 26.7. The Morgan fingerprint density at radius 3 is 2.35 bits per heavy atom. The summed E-state index contributed by atoms with van der Waals surface area (Å²) in [6, 6.07) is -1.03. The van der Waals surface area contributed by atoms with Crippen molar-refractivity contribution in [2.75, 3.05) is 13.6 Å². The molecule has 0 aromatic carbocycles. The predicted molar refractivity (Wildman–Crippen MR) is 93.5 cm³/mol. The second-order valence-electron chi connectivity index (χ2n) is 8.31. The van der Waals surface area contributed by atoms with E-state index in [0.717, 1.165) is 0 Å². The van der Waals surface area contributed by atoms with E-state index in [1.165, 1.54) is 0 Å². The summed E-state index contributed by atoms with van der Waals surface area (Å²) in [5, 5.41) is 6.32. The van der Waals surface area contributed by atoms with Crippen molar-refractivity contribution in [2.45, 2.75) is 46.7 Å². The summed E-state index contributed by atoms with van der Waals surface area (Å²) in [5.41, 5.74) is 5.35. The number of nitrogens with zero attached hydrogens (tertiary/aromatic N) is 1. The van der Waals surface area contributed by atoms with Crippen LogP contribution in [-0.4, -0.2) is 47.5 Å². The van der Waals surface area contributed by atoms with E-state index in [0.29, 0.717) is 17.6 Å². The van der Waals surface area contributed by atoms with Gasteiger partial charge < -0.3 is 21.3 Å². The van der Waals surface area contributed by atoms with Gasteiger partial charge in [-0.25, -0.2) is 0 Å². The molecule has 0 radical (unpaired) electrons. The molecule has 0 aromatic rings. The topological polar surface area (TPSA) is 87.5 Å². The quantitative estimate of drug-likeness (QED) is 0.650. The number of likely N-dealkylation sites (tertiary alicyclic amines) is 1. The molecule has 1 aliphatic carbocycles. The smallest absolute Gasteiger partial charge is 0.246 e. The first kappa shape index (κ1) is 18.0. The number of carbonyl (C=O) groups is 2. The van der Waals surface area contributed by atoms with Gasteiger partial charge in [-0.15, -0.1) is 0 Å². The molecule has 0 aromatic heterocycles. The van der Waals surface area contributed by atoms with Crippen LogP contribution < -0.4 is 16.4 Å². The van der Waals surface area contributed by atoms with Crippen molar-refractivity contribution in [1.29, 1.82) is 0 Å². The van der Waals surface area contributed by atoms with E-state index >= 15 is 0 Å². The van der Waals surface area contributed by atoms with Crippen LogP contribution in [0.1, 0.15) is 34.6 Å². The molecule has 1 heterocycles. The van der Waals surface area contributed by atoms with E-state index in [4.69, 9.17) is 18.0 Å². The molecule has 2 fully saturated rings. The van der Waals surface area contributed by atoms with Crippen molar-refractivity contribution in [3.8, 4) is 0 Å². The Morgan fingerprint density at radius 2 is 1.91 bits per heavy atom. The summed E-state index contributed by atoms with van der Waals surface area (Å²) in [6.45, 7) is 10.8. The monoisotopic (exact) mass is 340 g/mol. The van der Waals surface area contributed by atoms with Gasteiger partial charge in [0.15, 0.2) is 5.11 Å². The molecule has 1 aliphatic heterocycles. The lowest BCUT2D eigenvalue weighted by molar-refractivity contribution is -0.142. The molecule has 1 saturated carbocycles. The Kier molecular flexibility index (Phi) is 4.39. The summed E-state index contributed by atoms with van der Waals surface area (Å²) in [5.74, 6) is -0.0104. The summed E-state index contributed by atoms with van der Waals surface area (Å²) >= 11 is 5.16. The van der Waals surface area contributed by atoms with Crippen molar-refractivity contribution >= 4 is 29.1 Å². The Balaban J connectivity index is 2.23. The summed E-state index contributed by atoms with van der Waals surface area (Å²) in [7, 11) is 1.71. The zero-order chi connectivity index (χ0) is 17.7. The third-order valence-electron chi connectivity index (χ3n) is 5.40. The van der Waals surface area contributed by atoms with E-state index in [9.17, 15) is 9.59 Å². The molecule has 0 bridgehead atoms. The molecule has 2 aliphatic rings. The van der Waals surface area contributed by atoms with Crippen molar-refractivity contribution in [3.05, 3.63) is 0 Å². The summed E-state index contributed by atoms with van der Waals surface area (Å²) in [6.07, 6.45) is 0. The Morgan fingerprint density at radius 1 is 1.35 bits per heavy atom. The predicted octanol–water partition coefficient (Wildman–Crippen LogP) is 0.463. The number of fused-ring (bicyclic) bond motifs is 1. The van der Waals surface area contributed by atoms with Crippen LogP contribution in [0.4, 0.5) is 0 Å². The van der Waals surface area contributed by atoms with Crippen LogP contribution >= 0.6 is 12.2 Å². The molecule has 4 atom stereocenters. The van der Waals surface area contributed by atoms with Crippen molar-refractivity contribution in [2.24, 2.45) is 28.4 Å². The Labute approximate surface area is 143 Å². The number of amides is 2. The minimum absolute atomic E-state index is 0.0847. The van der Waals surface area contributed by atoms with Gasteiger partial charge in [0.2, 0.25) is 11.8 Å². The normalized spacial score (nSPS) is 29.5. The average molecular weight is 340 g/mol. The number of rotatable bonds is 3. The number of thiocarbonyl (C=S) groups is 1. The first-order valence-electron chi connectivity index (χ1n) is 8.01. The molecule has 3 unspecified atom stereocenters. The highest BCUT2D eigenvalue weighted by molar-refractivity contribution is 7.80. The third kappa shape index (κ3) is 3.03. The molecule has 1 saturated heterocycles. The minimum atomic E-state index is -0.516. The molecule has 23 heavy (non-hydrogen) atoms. The molecule has 2 rings (SSSR count). The van der Waals surface area contributed by atoms with Crippen molar-refractivity contribution in [3.63, 3.8) is 0 Å². The Bertz CT molecular complexity index is 541. The van der Waals surface area contributed by atoms with Crippen LogP contribution in [-0.2, 0) is 9.59 Å². The van der Waals surface area contributed by atoms with E-state index in [1.54, 1.807) is 11.9 Å². The molecule has 0 spiro atoms. The van der Waals surface area contributed by atoms with Gasteiger partial charge in [0.25, 0.3) is 0 Å². The molecule has 6 nitrogen and oxygen atoms in total. The molecular weight excluding hydrogens is 312 g/mol. The highest BCUT2D eigenvalue weighted by Crippen LogP contribution is 2.64. The average Bonchev–Trinajstić information content (AvgIpc) is 2.81. The highest BCUT2D eigenvalue weighted by atomic mass is 32.1. The van der Waals surface area contributed by atoms with Gasteiger partial charge in [-0.05, 0) is 34.9 Å². The molecule has 4 N–H and O–H groups in total. The van der Waals surface area contributed by atoms with Crippen molar-refractivity contribution in [1.82, 2.24) is 15.5 Å². The fourth-order valence-electron chi connectivity index (χ4n) is 3.86. The maximum atomic E-state index is 13.1. The lowest BCUT2D eigenvalue weighted by Crippen LogP contribution is -2.59. The fourth-order valence-corrected chi connectivity index (χ4v) is 3.97. The standard InChI is InChI=1S/C16H28N4O2S/c1-15(2,3)11(19-14(23)18-6)13(22)20-7-8-9(16(8,4)5)10(20)12(17)21/h8-11H,7H2,1-6H3,(H2,17,21)(H2,18,19,23)/t8?,9?,10?,11-/m1/s1. The molecule has 2 amide bonds. The fraction of sp³-hybridized carbons (Fsp3) is 0.812. The van der Waals surface area contributed by atoms with Gasteiger partial charge in [0.1, 0.15) is 12.1 Å². The number of hydrogen-bond acceptors (Lipinski definition) is 3. The number of nitrogens with two attached hydrogens (primary N) is 1. The lowest BCUT2D eigenvalue weighted by Gasteiger charge is -2.37. The Hall–Kier alpha value is -1.37. The molecule has 130 valence electrons. The summed E-state index contributed by atoms with van der Waals surface area (Å²) < 4.78 is 0. The minimum Gasteiger partial charge on any atom is -0.368 e. The van der Waals surface area contributed by atoms with Gasteiger partial charge >= 0.3 is 0 Å². The maximum Gasteiger partial charge on any atom is 0.246 e. The molecule has 7 heteroatoms. The number of piperidine rings is 1. The number of carbonyl (C=O) groups excluding carboxylic acids is 2. The zero-order valence-corrected chi connectivity index (χ0v) is 15.6. The van der Waals surface area contributed by atoms with Crippen LogP contribution in [0.3, 0.4) is 0 Å². The van der Waals surface area contributed by atoms with Crippen LogP contribution in [0.25, 0.3) is 0 Å². The number of primary amides is 1. The second-order valence-corrected chi connectivity index (χ2v) is 8.72. The number of hydrogen-bond donors (Lipinski definition) is 3. The first-order valence-corrected chi connectivity index (χ1v) is 8.41. The second kappa shape index (κ2) is 5.61. The zero-order valence-electron chi connectivity index (χ0n) is 14.8. The van der Waals surface area contributed by atoms with Crippen LogP contribution in [0.5, 0.6) is 0 Å². The maximum absolute atomic E-state index is 13.1. The van der Waals surface area contributed by atoms with Crippen molar-refractivity contribution < 1.29 is 9.59 Å².